The first-order valence-electron chi connectivity index (χ1n) is 7.61. The van der Waals surface area contributed by atoms with Gasteiger partial charge >= 0.3 is 11.9 Å². The minimum Gasteiger partial charge on any atom is -0.478 e. The summed E-state index contributed by atoms with van der Waals surface area (Å²) in [7, 11) is 0. The van der Waals surface area contributed by atoms with Crippen LogP contribution < -0.4 is 0 Å². The molecule has 2 aromatic carbocycles. The number of ketones is 1. The van der Waals surface area contributed by atoms with Crippen molar-refractivity contribution in [1.29, 1.82) is 0 Å². The van der Waals surface area contributed by atoms with Crippen LogP contribution >= 0.6 is 0 Å². The SMILES string of the molecule is CC(=CC(=O)c1ccc(C(=O)O)c(C)c1)c1ccc(C(=O)O)c(C)c1. The van der Waals surface area contributed by atoms with Crippen molar-refractivity contribution in [2.75, 3.05) is 0 Å². The predicted molar refractivity (Wildman–Crippen MR) is 94.3 cm³/mol. The van der Waals surface area contributed by atoms with Crippen LogP contribution in [-0.2, 0) is 0 Å². The quantitative estimate of drug-likeness (QED) is 0.635. The zero-order chi connectivity index (χ0) is 18.7. The molecule has 0 saturated carbocycles. The van der Waals surface area contributed by atoms with Gasteiger partial charge in [-0.1, -0.05) is 18.2 Å². The van der Waals surface area contributed by atoms with E-state index in [1.54, 1.807) is 39.0 Å². The minimum atomic E-state index is -1.03. The molecule has 2 rings (SSSR count). The molecule has 2 aromatic rings. The van der Waals surface area contributed by atoms with Gasteiger partial charge in [0, 0.05) is 5.56 Å². The van der Waals surface area contributed by atoms with Crippen LogP contribution in [0.25, 0.3) is 5.57 Å². The molecule has 25 heavy (non-hydrogen) atoms. The van der Waals surface area contributed by atoms with Crippen molar-refractivity contribution in [2.24, 2.45) is 0 Å². The van der Waals surface area contributed by atoms with Gasteiger partial charge in [-0.05, 0) is 67.3 Å². The number of aryl methyl sites for hydroxylation is 2. The molecule has 0 spiro atoms. The maximum atomic E-state index is 12.4. The Labute approximate surface area is 145 Å². The first kappa shape index (κ1) is 18.1. The average Bonchev–Trinajstić information content (AvgIpc) is 2.53. The van der Waals surface area contributed by atoms with Gasteiger partial charge in [-0.15, -0.1) is 0 Å². The highest BCUT2D eigenvalue weighted by Crippen LogP contribution is 2.20. The van der Waals surface area contributed by atoms with E-state index in [1.165, 1.54) is 24.3 Å². The lowest BCUT2D eigenvalue weighted by atomic mass is 9.97. The topological polar surface area (TPSA) is 91.7 Å². The van der Waals surface area contributed by atoms with Crippen LogP contribution in [0.2, 0.25) is 0 Å². The lowest BCUT2D eigenvalue weighted by molar-refractivity contribution is 0.0685. The van der Waals surface area contributed by atoms with Crippen LogP contribution in [-0.4, -0.2) is 27.9 Å². The number of hydrogen-bond acceptors (Lipinski definition) is 3. The Morgan fingerprint density at radius 3 is 1.68 bits per heavy atom. The summed E-state index contributed by atoms with van der Waals surface area (Å²) in [4.78, 5) is 34.5. The first-order chi connectivity index (χ1) is 11.7. The van der Waals surface area contributed by atoms with Gasteiger partial charge in [-0.2, -0.15) is 0 Å². The third kappa shape index (κ3) is 4.01. The molecule has 2 N–H and O–H groups in total. The number of carboxylic acid groups (broad SMARTS) is 2. The molecule has 0 heterocycles. The van der Waals surface area contributed by atoms with E-state index < -0.39 is 11.9 Å². The highest BCUT2D eigenvalue weighted by Gasteiger charge is 2.12. The summed E-state index contributed by atoms with van der Waals surface area (Å²) in [5.74, 6) is -2.26. The van der Waals surface area contributed by atoms with E-state index in [9.17, 15) is 14.4 Å². The molecule has 0 aliphatic rings. The van der Waals surface area contributed by atoms with E-state index in [1.807, 2.05) is 0 Å². The molecule has 0 unspecified atom stereocenters. The number of rotatable bonds is 5. The van der Waals surface area contributed by atoms with E-state index in [-0.39, 0.29) is 16.9 Å². The Morgan fingerprint density at radius 1 is 0.800 bits per heavy atom. The van der Waals surface area contributed by atoms with E-state index in [0.29, 0.717) is 22.3 Å². The summed E-state index contributed by atoms with van der Waals surface area (Å²) in [6.45, 7) is 5.12. The van der Waals surface area contributed by atoms with Crippen LogP contribution in [0.5, 0.6) is 0 Å². The summed E-state index contributed by atoms with van der Waals surface area (Å²) < 4.78 is 0. The van der Waals surface area contributed by atoms with Crippen molar-refractivity contribution < 1.29 is 24.6 Å². The van der Waals surface area contributed by atoms with Gasteiger partial charge in [-0.25, -0.2) is 9.59 Å². The van der Waals surface area contributed by atoms with E-state index in [2.05, 4.69) is 0 Å². The lowest BCUT2D eigenvalue weighted by Gasteiger charge is -2.07. The van der Waals surface area contributed by atoms with Gasteiger partial charge in [0.05, 0.1) is 11.1 Å². The minimum absolute atomic E-state index is 0.164. The predicted octanol–water partition coefficient (Wildman–Crippen LogP) is 3.99. The fraction of sp³-hybridized carbons (Fsp3) is 0.150. The molecule has 128 valence electrons. The summed E-state index contributed by atoms with van der Waals surface area (Å²) in [5, 5.41) is 18.1. The molecule has 0 atom stereocenters. The van der Waals surface area contributed by atoms with Crippen LogP contribution in [0.1, 0.15) is 54.7 Å². The summed E-state index contributed by atoms with van der Waals surface area (Å²) in [6.07, 6.45) is 1.46. The summed E-state index contributed by atoms with van der Waals surface area (Å²) >= 11 is 0. The van der Waals surface area contributed by atoms with Crippen molar-refractivity contribution in [3.05, 3.63) is 75.9 Å². The second kappa shape index (κ2) is 7.13. The molecule has 5 heteroatoms. The fourth-order valence-electron chi connectivity index (χ4n) is 2.57. The number of carbonyl (C=O) groups is 3. The van der Waals surface area contributed by atoms with Crippen molar-refractivity contribution in [2.45, 2.75) is 20.8 Å². The lowest BCUT2D eigenvalue weighted by Crippen LogP contribution is -2.03. The molecular formula is C20H18O5. The van der Waals surface area contributed by atoms with Gasteiger partial charge in [0.2, 0.25) is 0 Å². The molecule has 0 amide bonds. The number of carbonyl (C=O) groups excluding carboxylic acids is 1. The van der Waals surface area contributed by atoms with Gasteiger partial charge < -0.3 is 10.2 Å². The molecule has 0 aromatic heterocycles. The van der Waals surface area contributed by atoms with Crippen LogP contribution in [0.15, 0.2) is 42.5 Å². The van der Waals surface area contributed by atoms with Crippen molar-refractivity contribution in [3.8, 4) is 0 Å². The van der Waals surface area contributed by atoms with E-state index >= 15 is 0 Å². The monoisotopic (exact) mass is 338 g/mol. The molecule has 0 aliphatic heterocycles. The number of benzene rings is 2. The molecule has 0 fully saturated rings. The van der Waals surface area contributed by atoms with Crippen molar-refractivity contribution >= 4 is 23.3 Å². The summed E-state index contributed by atoms with van der Waals surface area (Å²) in [5.41, 5.74) is 3.39. The zero-order valence-electron chi connectivity index (χ0n) is 14.2. The summed E-state index contributed by atoms with van der Waals surface area (Å²) in [6, 6.07) is 9.35. The second-order valence-corrected chi connectivity index (χ2v) is 5.86. The molecule has 0 radical (unpaired) electrons. The third-order valence-electron chi connectivity index (χ3n) is 4.00. The van der Waals surface area contributed by atoms with Crippen LogP contribution in [0, 0.1) is 13.8 Å². The Hall–Kier alpha value is -3.21. The maximum absolute atomic E-state index is 12.4. The Kier molecular flexibility index (Phi) is 5.17. The Bertz CT molecular complexity index is 906. The molecule has 5 nitrogen and oxygen atoms in total. The Morgan fingerprint density at radius 2 is 1.24 bits per heavy atom. The number of aromatic carboxylic acids is 2. The highest BCUT2D eigenvalue weighted by atomic mass is 16.4. The van der Waals surface area contributed by atoms with Crippen LogP contribution in [0.3, 0.4) is 0 Å². The molecule has 0 aliphatic carbocycles. The van der Waals surface area contributed by atoms with Gasteiger partial charge in [0.15, 0.2) is 5.78 Å². The second-order valence-electron chi connectivity index (χ2n) is 5.86. The molecule has 0 bridgehead atoms. The highest BCUT2D eigenvalue weighted by molar-refractivity contribution is 6.09. The van der Waals surface area contributed by atoms with E-state index in [0.717, 1.165) is 5.56 Å². The fourth-order valence-corrected chi connectivity index (χ4v) is 2.57. The van der Waals surface area contributed by atoms with Crippen molar-refractivity contribution in [3.63, 3.8) is 0 Å². The third-order valence-corrected chi connectivity index (χ3v) is 4.00. The number of hydrogen-bond donors (Lipinski definition) is 2. The first-order valence-corrected chi connectivity index (χ1v) is 7.61. The number of allylic oxidation sites excluding steroid dienone is 2. The normalized spacial score (nSPS) is 11.2. The largest absolute Gasteiger partial charge is 0.478 e. The average molecular weight is 338 g/mol. The number of carboxylic acids is 2. The van der Waals surface area contributed by atoms with Crippen LogP contribution in [0.4, 0.5) is 0 Å². The smallest absolute Gasteiger partial charge is 0.335 e. The van der Waals surface area contributed by atoms with Gasteiger partial charge in [-0.3, -0.25) is 4.79 Å². The molecular weight excluding hydrogens is 320 g/mol. The van der Waals surface area contributed by atoms with E-state index in [4.69, 9.17) is 10.2 Å². The van der Waals surface area contributed by atoms with Gasteiger partial charge in [0.25, 0.3) is 0 Å². The standard InChI is InChI=1S/C20H18O5/c1-11(14-4-6-16(19(22)23)12(2)8-14)10-18(21)15-5-7-17(20(24)25)13(3)9-15/h4-10H,1-3H3,(H,22,23)(H,24,25). The molecule has 0 saturated heterocycles. The van der Waals surface area contributed by atoms with Crippen molar-refractivity contribution in [1.82, 2.24) is 0 Å². The maximum Gasteiger partial charge on any atom is 0.335 e. The zero-order valence-corrected chi connectivity index (χ0v) is 14.2. The van der Waals surface area contributed by atoms with Gasteiger partial charge in [0.1, 0.15) is 0 Å². The Balaban J connectivity index is 2.32.